The van der Waals surface area contributed by atoms with Crippen LogP contribution in [0.25, 0.3) is 43.1 Å². The summed E-state index contributed by atoms with van der Waals surface area (Å²) in [4.78, 5) is 60.3. The third-order valence-corrected chi connectivity index (χ3v) is 14.9. The van der Waals surface area contributed by atoms with Gasteiger partial charge in [0.25, 0.3) is 23.6 Å². The van der Waals surface area contributed by atoms with Gasteiger partial charge in [0.2, 0.25) is 0 Å². The molecule has 0 radical (unpaired) electrons. The van der Waals surface area contributed by atoms with Crippen LogP contribution in [0.1, 0.15) is 133 Å². The summed E-state index contributed by atoms with van der Waals surface area (Å²) in [6.07, 6.45) is 10.9. The van der Waals surface area contributed by atoms with E-state index >= 15 is 0 Å². The fourth-order valence-corrected chi connectivity index (χ4v) is 11.1. The second-order valence-electron chi connectivity index (χ2n) is 19.3. The SMILES string of the molecule is CC(C)=CCC[C@H](C)CCOc1ccc(CN2C(=O)c3ccc4c5c(Br)cc6c7c(ccc(c8c(Br)cc(c3c48)C2=O)c75)C(=O)N(Cc2ccc(OCC[C@@H](C)CCC=C(C)C)cc2)C6=O)cc1. The van der Waals surface area contributed by atoms with Gasteiger partial charge in [-0.15, -0.1) is 0 Å². The van der Waals surface area contributed by atoms with Crippen molar-refractivity contribution in [1.29, 1.82) is 0 Å². The van der Waals surface area contributed by atoms with Gasteiger partial charge in [0.05, 0.1) is 26.3 Å². The van der Waals surface area contributed by atoms with E-state index in [-0.39, 0.29) is 36.7 Å². The van der Waals surface area contributed by atoms with Gasteiger partial charge in [-0.2, -0.15) is 0 Å². The Morgan fingerprint density at radius 1 is 0.485 bits per heavy atom. The maximum Gasteiger partial charge on any atom is 0.261 e. The normalized spacial score (nSPS) is 14.4. The molecule has 0 spiro atoms. The number of fused-ring (bicyclic) bond motifs is 2. The molecule has 348 valence electrons. The Bertz CT molecular complexity index is 2980. The highest BCUT2D eigenvalue weighted by Gasteiger charge is 2.38. The zero-order valence-electron chi connectivity index (χ0n) is 39.6. The van der Waals surface area contributed by atoms with Crippen LogP contribution in [0.4, 0.5) is 0 Å². The van der Waals surface area contributed by atoms with E-state index in [4.69, 9.17) is 9.47 Å². The highest BCUT2D eigenvalue weighted by Crippen LogP contribution is 2.50. The van der Waals surface area contributed by atoms with Crippen molar-refractivity contribution in [3.63, 3.8) is 0 Å². The first-order valence-corrected chi connectivity index (χ1v) is 25.3. The molecular formula is C58H56Br2N2O6. The van der Waals surface area contributed by atoms with E-state index in [0.29, 0.717) is 67.0 Å². The fourth-order valence-electron chi connectivity index (χ4n) is 9.86. The van der Waals surface area contributed by atoms with Crippen LogP contribution < -0.4 is 9.47 Å². The minimum atomic E-state index is -0.376. The van der Waals surface area contributed by atoms with Gasteiger partial charge in [0.1, 0.15) is 11.5 Å². The zero-order valence-corrected chi connectivity index (χ0v) is 42.7. The summed E-state index contributed by atoms with van der Waals surface area (Å²) in [5.74, 6) is 1.12. The van der Waals surface area contributed by atoms with E-state index in [0.717, 1.165) is 93.5 Å². The Morgan fingerprint density at radius 3 is 1.22 bits per heavy atom. The number of hydrogen-bond acceptors (Lipinski definition) is 6. The van der Waals surface area contributed by atoms with Gasteiger partial charge in [0.15, 0.2) is 0 Å². The van der Waals surface area contributed by atoms with Crippen molar-refractivity contribution in [2.24, 2.45) is 11.8 Å². The van der Waals surface area contributed by atoms with Gasteiger partial charge in [0, 0.05) is 63.5 Å². The molecule has 4 amide bonds. The van der Waals surface area contributed by atoms with Crippen LogP contribution in [-0.2, 0) is 13.1 Å². The van der Waals surface area contributed by atoms with Gasteiger partial charge < -0.3 is 9.47 Å². The Labute approximate surface area is 414 Å². The van der Waals surface area contributed by atoms with Crippen molar-refractivity contribution < 1.29 is 28.7 Å². The molecule has 7 aromatic carbocycles. The number of amides is 4. The van der Waals surface area contributed by atoms with E-state index < -0.39 is 0 Å². The summed E-state index contributed by atoms with van der Waals surface area (Å²) in [5.41, 5.74) is 6.05. The highest BCUT2D eigenvalue weighted by molar-refractivity contribution is 9.11. The average molecular weight is 1040 g/mol. The molecule has 0 saturated carbocycles. The first kappa shape index (κ1) is 47.2. The first-order valence-electron chi connectivity index (χ1n) is 23.7. The number of imide groups is 2. The van der Waals surface area contributed by atoms with Crippen LogP contribution in [-0.4, -0.2) is 46.6 Å². The van der Waals surface area contributed by atoms with Crippen LogP contribution in [0.15, 0.2) is 117 Å². The number of ether oxygens (including phenoxy) is 2. The third kappa shape index (κ3) is 9.09. The van der Waals surface area contributed by atoms with E-state index in [9.17, 15) is 19.2 Å². The Kier molecular flexibility index (Phi) is 13.6. The largest absolute Gasteiger partial charge is 0.494 e. The molecule has 0 aromatic heterocycles. The van der Waals surface area contributed by atoms with E-state index in [1.54, 1.807) is 12.1 Å². The van der Waals surface area contributed by atoms with Gasteiger partial charge in [-0.3, -0.25) is 29.0 Å². The Balaban J connectivity index is 0.959. The lowest BCUT2D eigenvalue weighted by Crippen LogP contribution is -2.40. The van der Waals surface area contributed by atoms with E-state index in [1.807, 2.05) is 72.8 Å². The molecular weight excluding hydrogens is 980 g/mol. The van der Waals surface area contributed by atoms with Crippen LogP contribution in [0.5, 0.6) is 11.5 Å². The number of carbonyl (C=O) groups excluding carboxylic acids is 4. The van der Waals surface area contributed by atoms with Gasteiger partial charge in [-0.25, -0.2) is 0 Å². The number of hydrogen-bond donors (Lipinski definition) is 0. The van der Waals surface area contributed by atoms with Crippen molar-refractivity contribution in [3.05, 3.63) is 151 Å². The van der Waals surface area contributed by atoms with Crippen LogP contribution in [0.2, 0.25) is 0 Å². The average Bonchev–Trinajstić information content (AvgIpc) is 3.31. The first-order chi connectivity index (χ1) is 32.7. The number of halogens is 2. The number of benzene rings is 7. The van der Waals surface area contributed by atoms with Gasteiger partial charge >= 0.3 is 0 Å². The lowest BCUT2D eigenvalue weighted by atomic mass is 9.82. The summed E-state index contributed by atoms with van der Waals surface area (Å²) >= 11 is 7.69. The molecule has 2 aliphatic heterocycles. The van der Waals surface area contributed by atoms with Crippen molar-refractivity contribution >= 4 is 98.6 Å². The van der Waals surface area contributed by atoms with Crippen LogP contribution >= 0.6 is 31.9 Å². The summed E-state index contributed by atoms with van der Waals surface area (Å²) in [6.45, 7) is 14.5. The predicted octanol–water partition coefficient (Wildman–Crippen LogP) is 15.2. The standard InChI is InChI=1S/C58H56Br2N2O6/c1-33(2)9-7-11-35(5)25-27-67-39-17-13-37(14-18-39)31-61-55(63)43-23-21-41-52-48(60)30-46-50-44(24-22-42(54(50)52)51-47(59)29-45(57(61)65)49(43)53(41)51)56(64)62(58(46)66)32-38-15-19-40(20-16-38)68-28-26-36(6)12-8-10-34(3)4/h9-10,13-24,29-30,35-36H,7-8,11-12,25-28,31-32H2,1-6H3/t35-,36-/m0/s1. The molecule has 2 aliphatic rings. The van der Waals surface area contributed by atoms with Crippen LogP contribution in [0, 0.1) is 11.8 Å². The van der Waals surface area contributed by atoms with Crippen LogP contribution in [0.3, 0.4) is 0 Å². The van der Waals surface area contributed by atoms with Crippen molar-refractivity contribution in [2.75, 3.05) is 13.2 Å². The molecule has 2 atom stereocenters. The smallest absolute Gasteiger partial charge is 0.261 e. The summed E-state index contributed by atoms with van der Waals surface area (Å²) in [6, 6.07) is 26.3. The maximum absolute atomic E-state index is 14.4. The number of rotatable bonds is 18. The molecule has 8 nitrogen and oxygen atoms in total. The molecule has 9 rings (SSSR count). The molecule has 0 aliphatic carbocycles. The zero-order chi connectivity index (χ0) is 48.0. The minimum Gasteiger partial charge on any atom is -0.494 e. The monoisotopic (exact) mass is 1030 g/mol. The topological polar surface area (TPSA) is 93.2 Å². The quantitative estimate of drug-likeness (QED) is 0.0368. The van der Waals surface area contributed by atoms with Gasteiger partial charge in [-0.05, 0) is 148 Å². The predicted molar refractivity (Wildman–Crippen MR) is 280 cm³/mol. The van der Waals surface area contributed by atoms with Crippen molar-refractivity contribution in [2.45, 2.75) is 93.2 Å². The Hall–Kier alpha value is -5.84. The molecule has 10 heteroatoms. The van der Waals surface area contributed by atoms with Crippen molar-refractivity contribution in [3.8, 4) is 11.5 Å². The summed E-state index contributed by atoms with van der Waals surface area (Å²) in [5, 5.41) is 5.95. The molecule has 0 saturated heterocycles. The third-order valence-electron chi connectivity index (χ3n) is 13.6. The van der Waals surface area contributed by atoms with Crippen molar-refractivity contribution in [1.82, 2.24) is 9.80 Å². The molecule has 0 unspecified atom stereocenters. The summed E-state index contributed by atoms with van der Waals surface area (Å²) < 4.78 is 13.5. The molecule has 0 fully saturated rings. The number of allylic oxidation sites excluding steroid dienone is 4. The maximum atomic E-state index is 14.4. The molecule has 68 heavy (non-hydrogen) atoms. The highest BCUT2D eigenvalue weighted by atomic mass is 79.9. The van der Waals surface area contributed by atoms with Gasteiger partial charge in [-0.1, -0.05) is 105 Å². The number of nitrogens with zero attached hydrogens (tertiary/aromatic N) is 2. The molecule has 7 aromatic rings. The molecule has 0 bridgehead atoms. The second-order valence-corrected chi connectivity index (χ2v) is 21.0. The van der Waals surface area contributed by atoms with E-state index in [1.165, 1.54) is 20.9 Å². The lowest BCUT2D eigenvalue weighted by molar-refractivity contribution is 0.0583. The summed E-state index contributed by atoms with van der Waals surface area (Å²) in [7, 11) is 0. The van der Waals surface area contributed by atoms with E-state index in [2.05, 4.69) is 85.6 Å². The number of carbonyl (C=O) groups is 4. The lowest BCUT2D eigenvalue weighted by Gasteiger charge is -2.31. The molecule has 2 heterocycles. The fraction of sp³-hybridized carbons (Fsp3) is 0.310. The second kappa shape index (κ2) is 19.6. The Morgan fingerprint density at radius 2 is 0.853 bits per heavy atom. The minimum absolute atomic E-state index is 0.108. The molecule has 0 N–H and O–H groups in total.